The molecule has 0 heterocycles. The minimum absolute atomic E-state index is 0.250. The molecule has 4 N–H and O–H groups in total. The topological polar surface area (TPSA) is 88.0 Å². The fourth-order valence-corrected chi connectivity index (χ4v) is 0. The van der Waals surface area contributed by atoms with Gasteiger partial charge in [-0.1, -0.05) is 4.57 Å². The van der Waals surface area contributed by atoms with E-state index in [4.69, 9.17) is 5.11 Å². The second-order valence-electron chi connectivity index (χ2n) is 3.48. The SMILES string of the molecule is CC(C)(C)[NH3+].CC(O)[P+](=O)[O-]. The second-order valence-corrected chi connectivity index (χ2v) is 4.80. The summed E-state index contributed by atoms with van der Waals surface area (Å²) in [6, 6.07) is 0. The van der Waals surface area contributed by atoms with Crippen molar-refractivity contribution in [2.75, 3.05) is 0 Å². The Balaban J connectivity index is 0. The molecule has 2 unspecified atom stereocenters. The van der Waals surface area contributed by atoms with E-state index < -0.39 is 13.9 Å². The van der Waals surface area contributed by atoms with Crippen molar-refractivity contribution in [2.24, 2.45) is 0 Å². The van der Waals surface area contributed by atoms with E-state index in [1.807, 2.05) is 0 Å². The van der Waals surface area contributed by atoms with Crippen molar-refractivity contribution in [2.45, 2.75) is 39.1 Å². The van der Waals surface area contributed by atoms with Gasteiger partial charge in [0.2, 0.25) is 5.85 Å². The molecule has 0 aliphatic heterocycles. The summed E-state index contributed by atoms with van der Waals surface area (Å²) < 4.78 is 9.49. The van der Waals surface area contributed by atoms with Gasteiger partial charge in [-0.25, -0.2) is 0 Å². The maximum atomic E-state index is 9.49. The maximum absolute atomic E-state index is 9.49. The number of quaternary nitrogens is 1. The van der Waals surface area contributed by atoms with E-state index in [1.165, 1.54) is 6.92 Å². The Bertz CT molecular complexity index is 113. The molecule has 0 fully saturated rings. The van der Waals surface area contributed by atoms with Crippen LogP contribution in [-0.2, 0) is 4.57 Å². The van der Waals surface area contributed by atoms with Crippen LogP contribution in [0.15, 0.2) is 0 Å². The summed E-state index contributed by atoms with van der Waals surface area (Å²) in [4.78, 5) is 9.49. The molecule has 0 amide bonds. The highest BCUT2D eigenvalue weighted by Gasteiger charge is 2.06. The molecule has 0 aromatic carbocycles. The van der Waals surface area contributed by atoms with Crippen LogP contribution < -0.4 is 10.6 Å². The third-order valence-electron chi connectivity index (χ3n) is 0.305. The Morgan fingerprint density at radius 2 is 1.64 bits per heavy atom. The zero-order valence-corrected chi connectivity index (χ0v) is 8.39. The monoisotopic (exact) mass is 182 g/mol. The lowest BCUT2D eigenvalue weighted by Gasteiger charge is -2.01. The third-order valence-corrected chi connectivity index (χ3v) is 0.915. The number of aliphatic hydroxyl groups is 1. The van der Waals surface area contributed by atoms with Gasteiger partial charge in [0.05, 0.1) is 5.54 Å². The Morgan fingerprint density at radius 3 is 1.64 bits per heavy atom. The highest BCUT2D eigenvalue weighted by atomic mass is 31.1. The minimum Gasteiger partial charge on any atom is -0.593 e. The number of hydrogen-bond acceptors (Lipinski definition) is 3. The summed E-state index contributed by atoms with van der Waals surface area (Å²) in [5, 5.41) is 8.03. The molecule has 68 valence electrons. The summed E-state index contributed by atoms with van der Waals surface area (Å²) in [5.41, 5.74) is 4.02. The third kappa shape index (κ3) is 40.1. The molecule has 0 spiro atoms. The zero-order chi connectivity index (χ0) is 9.65. The summed E-state index contributed by atoms with van der Waals surface area (Å²) >= 11 is 0. The molecule has 11 heavy (non-hydrogen) atoms. The van der Waals surface area contributed by atoms with Gasteiger partial charge in [-0.3, -0.25) is 0 Å². The Morgan fingerprint density at radius 1 is 1.55 bits per heavy atom. The molecule has 0 aromatic rings. The molecular formula is C6H17NO3P+. The van der Waals surface area contributed by atoms with Gasteiger partial charge >= 0.3 is 8.03 Å². The normalized spacial score (nSPS) is 14.6. The number of aliphatic hydroxyl groups excluding tert-OH is 1. The smallest absolute Gasteiger partial charge is 0.340 e. The molecule has 0 saturated heterocycles. The lowest BCUT2D eigenvalue weighted by Crippen LogP contribution is -2.67. The lowest BCUT2D eigenvalue weighted by atomic mass is 10.1. The van der Waals surface area contributed by atoms with E-state index in [1.54, 1.807) is 0 Å². The predicted octanol–water partition coefficient (Wildman–Crippen LogP) is -0.546. The van der Waals surface area contributed by atoms with E-state index in [0.29, 0.717) is 0 Å². The largest absolute Gasteiger partial charge is 0.593 e. The number of hydrogen-bond donors (Lipinski definition) is 2. The predicted molar refractivity (Wildman–Crippen MR) is 41.9 cm³/mol. The highest BCUT2D eigenvalue weighted by Crippen LogP contribution is 2.11. The van der Waals surface area contributed by atoms with Crippen molar-refractivity contribution >= 4 is 8.03 Å². The minimum atomic E-state index is -2.60. The zero-order valence-electron chi connectivity index (χ0n) is 7.50. The molecule has 0 saturated carbocycles. The molecular weight excluding hydrogens is 165 g/mol. The van der Waals surface area contributed by atoms with Crippen molar-refractivity contribution < 1.29 is 20.3 Å². The first-order valence-corrected chi connectivity index (χ1v) is 4.56. The van der Waals surface area contributed by atoms with Gasteiger partial charge < -0.3 is 15.7 Å². The van der Waals surface area contributed by atoms with E-state index >= 15 is 0 Å². The van der Waals surface area contributed by atoms with Crippen molar-refractivity contribution in [3.63, 3.8) is 0 Å². The van der Waals surface area contributed by atoms with Crippen LogP contribution in [-0.4, -0.2) is 16.5 Å². The van der Waals surface area contributed by atoms with Crippen LogP contribution in [0.5, 0.6) is 0 Å². The van der Waals surface area contributed by atoms with E-state index in [-0.39, 0.29) is 5.54 Å². The first-order valence-electron chi connectivity index (χ1n) is 3.31. The summed E-state index contributed by atoms with van der Waals surface area (Å²) in [6.07, 6.45) is 0. The molecule has 0 bridgehead atoms. The summed E-state index contributed by atoms with van der Waals surface area (Å²) in [7, 11) is -2.60. The van der Waals surface area contributed by atoms with E-state index in [2.05, 4.69) is 26.5 Å². The second kappa shape index (κ2) is 5.61. The van der Waals surface area contributed by atoms with Gasteiger partial charge in [0, 0.05) is 6.92 Å². The molecule has 4 nitrogen and oxygen atoms in total. The van der Waals surface area contributed by atoms with Crippen molar-refractivity contribution in [1.82, 2.24) is 0 Å². The quantitative estimate of drug-likeness (QED) is 0.533. The molecule has 0 radical (unpaired) electrons. The maximum Gasteiger partial charge on any atom is 0.340 e. The van der Waals surface area contributed by atoms with Crippen molar-refractivity contribution in [3.8, 4) is 0 Å². The van der Waals surface area contributed by atoms with E-state index in [9.17, 15) is 9.46 Å². The van der Waals surface area contributed by atoms with Gasteiger partial charge in [-0.15, -0.1) is 0 Å². The van der Waals surface area contributed by atoms with Crippen LogP contribution in [0.1, 0.15) is 27.7 Å². The van der Waals surface area contributed by atoms with Gasteiger partial charge in [-0.2, -0.15) is 0 Å². The Hall–Kier alpha value is -0.0200. The van der Waals surface area contributed by atoms with Gasteiger partial charge in [0.25, 0.3) is 0 Å². The molecule has 0 aliphatic carbocycles. The fraction of sp³-hybridized carbons (Fsp3) is 1.00. The molecule has 2 atom stereocenters. The standard InChI is InChI=1S/C4H11N.C2H5O3P/c1-4(2,3)5;1-2(3)6(4)5/h5H2,1-3H3;2-3H,1H3/p+1. The van der Waals surface area contributed by atoms with Gasteiger partial charge in [0.1, 0.15) is 0 Å². The highest BCUT2D eigenvalue weighted by molar-refractivity contribution is 7.36. The lowest BCUT2D eigenvalue weighted by molar-refractivity contribution is -0.458. The summed E-state index contributed by atoms with van der Waals surface area (Å²) in [5.74, 6) is -1.19. The first kappa shape index (κ1) is 13.6. The molecule has 0 rings (SSSR count). The summed E-state index contributed by atoms with van der Waals surface area (Å²) in [6.45, 7) is 7.43. The average Bonchev–Trinajstić information content (AvgIpc) is 1.59. The van der Waals surface area contributed by atoms with Gasteiger partial charge in [-0.05, 0) is 20.8 Å². The first-order chi connectivity index (χ1) is 4.64. The molecule has 0 aliphatic rings. The van der Waals surface area contributed by atoms with Crippen molar-refractivity contribution in [3.05, 3.63) is 0 Å². The van der Waals surface area contributed by atoms with E-state index in [0.717, 1.165) is 0 Å². The van der Waals surface area contributed by atoms with Crippen LogP contribution in [0, 0.1) is 0 Å². The van der Waals surface area contributed by atoms with Crippen molar-refractivity contribution in [1.29, 1.82) is 0 Å². The Kier molecular flexibility index (Phi) is 6.91. The Labute approximate surface area is 68.3 Å². The van der Waals surface area contributed by atoms with Crippen LogP contribution in [0.3, 0.4) is 0 Å². The molecule has 5 heteroatoms. The van der Waals surface area contributed by atoms with Crippen LogP contribution in [0.2, 0.25) is 0 Å². The van der Waals surface area contributed by atoms with Crippen LogP contribution >= 0.6 is 8.03 Å². The van der Waals surface area contributed by atoms with Gasteiger partial charge in [0.15, 0.2) is 0 Å². The average molecular weight is 182 g/mol. The molecule has 0 aromatic heterocycles. The van der Waals surface area contributed by atoms with Crippen LogP contribution in [0.4, 0.5) is 0 Å². The van der Waals surface area contributed by atoms with Crippen LogP contribution in [0.25, 0.3) is 0 Å². The number of rotatable bonds is 1. The fourth-order valence-electron chi connectivity index (χ4n) is 0.